The number of amides is 1. The van der Waals surface area contributed by atoms with E-state index in [-0.39, 0.29) is 11.3 Å². The third-order valence-corrected chi connectivity index (χ3v) is 6.47. The van der Waals surface area contributed by atoms with Gasteiger partial charge in [0.2, 0.25) is 0 Å². The van der Waals surface area contributed by atoms with Crippen LogP contribution in [-0.2, 0) is 9.59 Å². The molecule has 176 valence electrons. The zero-order valence-corrected chi connectivity index (χ0v) is 21.0. The summed E-state index contributed by atoms with van der Waals surface area (Å²) in [6, 6.07) is 16.4. The molecule has 1 fully saturated rings. The van der Waals surface area contributed by atoms with Crippen molar-refractivity contribution in [2.45, 2.75) is 19.4 Å². The molecule has 1 aromatic heterocycles. The van der Waals surface area contributed by atoms with Crippen LogP contribution in [0.5, 0.6) is 0 Å². The van der Waals surface area contributed by atoms with Gasteiger partial charge in [-0.3, -0.25) is 9.59 Å². The van der Waals surface area contributed by atoms with E-state index in [1.54, 1.807) is 9.58 Å². The molecule has 0 spiro atoms. The first-order valence-corrected chi connectivity index (χ1v) is 11.9. The molecule has 8 heteroatoms. The molecule has 1 aliphatic heterocycles. The molecule has 1 N–H and O–H groups in total. The number of hydrogen-bond acceptors (Lipinski definition) is 5. The second-order valence-corrected chi connectivity index (χ2v) is 9.51. The molecule has 2 aromatic carbocycles. The molecule has 34 heavy (non-hydrogen) atoms. The number of rotatable bonds is 7. The Kier molecular flexibility index (Phi) is 7.00. The highest BCUT2D eigenvalue weighted by Gasteiger charge is 2.46. The fourth-order valence-electron chi connectivity index (χ4n) is 4.31. The van der Waals surface area contributed by atoms with E-state index in [1.165, 1.54) is 6.20 Å². The fourth-order valence-corrected chi connectivity index (χ4v) is 4.72. The van der Waals surface area contributed by atoms with Crippen molar-refractivity contribution < 1.29 is 14.7 Å². The van der Waals surface area contributed by atoms with Gasteiger partial charge in [-0.15, -0.1) is 0 Å². The lowest BCUT2D eigenvalue weighted by Crippen LogP contribution is -2.32. The van der Waals surface area contributed by atoms with Crippen LogP contribution in [0.2, 0.25) is 0 Å². The zero-order valence-electron chi connectivity index (χ0n) is 19.4. The second kappa shape index (κ2) is 9.95. The van der Waals surface area contributed by atoms with Crippen molar-refractivity contribution in [3.05, 3.63) is 87.7 Å². The van der Waals surface area contributed by atoms with Gasteiger partial charge < -0.3 is 14.9 Å². The minimum absolute atomic E-state index is 0.0867. The number of nitrogens with zero attached hydrogens (tertiary/aromatic N) is 4. The third kappa shape index (κ3) is 4.56. The van der Waals surface area contributed by atoms with Crippen molar-refractivity contribution in [2.24, 2.45) is 0 Å². The van der Waals surface area contributed by atoms with Crippen molar-refractivity contribution in [3.63, 3.8) is 0 Å². The van der Waals surface area contributed by atoms with Gasteiger partial charge in [0.1, 0.15) is 5.76 Å². The number of benzene rings is 2. The van der Waals surface area contributed by atoms with Crippen molar-refractivity contribution in [1.29, 1.82) is 0 Å². The number of carbonyl (C=O) groups excluding carboxylic acids is 2. The minimum atomic E-state index is -0.681. The van der Waals surface area contributed by atoms with Gasteiger partial charge >= 0.3 is 0 Å². The van der Waals surface area contributed by atoms with Gasteiger partial charge in [-0.1, -0.05) is 46.3 Å². The van der Waals surface area contributed by atoms with Gasteiger partial charge in [0, 0.05) is 11.0 Å². The molecule has 1 atom stereocenters. The summed E-state index contributed by atoms with van der Waals surface area (Å²) in [4.78, 5) is 29.9. The summed E-state index contributed by atoms with van der Waals surface area (Å²) in [5.74, 6) is -1.49. The Bertz CT molecular complexity index is 1250. The molecule has 1 aliphatic rings. The number of aliphatic hydroxyl groups is 1. The SMILES string of the molecule is Cc1c(C(O)=C2C(=O)C(=O)N(CCCN(C)C)C2c2cccc(Br)c2)cnn1-c1ccccc1. The molecule has 4 rings (SSSR count). The topological polar surface area (TPSA) is 78.7 Å². The molecule has 1 saturated heterocycles. The first-order chi connectivity index (χ1) is 16.3. The highest BCUT2D eigenvalue weighted by Crippen LogP contribution is 2.40. The molecule has 0 bridgehead atoms. The Labute approximate surface area is 207 Å². The number of ketones is 1. The molecule has 0 saturated carbocycles. The van der Waals surface area contributed by atoms with Crippen molar-refractivity contribution in [2.75, 3.05) is 27.2 Å². The van der Waals surface area contributed by atoms with E-state index >= 15 is 0 Å². The van der Waals surface area contributed by atoms with Crippen LogP contribution in [-0.4, -0.2) is 63.6 Å². The third-order valence-electron chi connectivity index (χ3n) is 5.97. The number of likely N-dealkylation sites (tertiary alicyclic amines) is 1. The monoisotopic (exact) mass is 522 g/mol. The van der Waals surface area contributed by atoms with E-state index in [2.05, 4.69) is 21.0 Å². The molecule has 7 nitrogen and oxygen atoms in total. The number of para-hydroxylation sites is 1. The largest absolute Gasteiger partial charge is 0.507 e. The van der Waals surface area contributed by atoms with Crippen molar-refractivity contribution >= 4 is 33.4 Å². The highest BCUT2D eigenvalue weighted by atomic mass is 79.9. The summed E-state index contributed by atoms with van der Waals surface area (Å²) in [6.07, 6.45) is 2.24. The number of aromatic nitrogens is 2. The van der Waals surface area contributed by atoms with E-state index in [1.807, 2.05) is 80.5 Å². The molecular weight excluding hydrogens is 496 g/mol. The van der Waals surface area contributed by atoms with Crippen LogP contribution < -0.4 is 0 Å². The van der Waals surface area contributed by atoms with Crippen LogP contribution in [0.1, 0.15) is 29.3 Å². The van der Waals surface area contributed by atoms with Crippen LogP contribution in [0.25, 0.3) is 11.4 Å². The summed E-state index contributed by atoms with van der Waals surface area (Å²) in [5.41, 5.74) is 2.79. The lowest BCUT2D eigenvalue weighted by molar-refractivity contribution is -0.139. The van der Waals surface area contributed by atoms with Gasteiger partial charge in [0.15, 0.2) is 0 Å². The molecule has 3 aromatic rings. The maximum absolute atomic E-state index is 13.2. The van der Waals surface area contributed by atoms with E-state index in [9.17, 15) is 14.7 Å². The van der Waals surface area contributed by atoms with Gasteiger partial charge in [0.05, 0.1) is 34.8 Å². The summed E-state index contributed by atoms with van der Waals surface area (Å²) in [6.45, 7) is 3.01. The van der Waals surface area contributed by atoms with Gasteiger partial charge in [-0.25, -0.2) is 4.68 Å². The first-order valence-electron chi connectivity index (χ1n) is 11.1. The Morgan fingerprint density at radius 1 is 1.12 bits per heavy atom. The van der Waals surface area contributed by atoms with Gasteiger partial charge in [0.25, 0.3) is 11.7 Å². The summed E-state index contributed by atoms with van der Waals surface area (Å²) >= 11 is 3.49. The highest BCUT2D eigenvalue weighted by molar-refractivity contribution is 9.10. The van der Waals surface area contributed by atoms with Gasteiger partial charge in [-0.2, -0.15) is 5.10 Å². The van der Waals surface area contributed by atoms with Crippen LogP contribution in [0.4, 0.5) is 0 Å². The fraction of sp³-hybridized carbons (Fsp3) is 0.269. The molecular formula is C26H27BrN4O3. The first kappa shape index (κ1) is 23.9. The van der Waals surface area contributed by atoms with Gasteiger partial charge in [-0.05, 0) is 63.8 Å². The smallest absolute Gasteiger partial charge is 0.295 e. The molecule has 1 unspecified atom stereocenters. The Morgan fingerprint density at radius 2 is 1.85 bits per heavy atom. The normalized spacial score (nSPS) is 17.7. The van der Waals surface area contributed by atoms with E-state index in [4.69, 9.17) is 0 Å². The average molecular weight is 523 g/mol. The predicted molar refractivity (Wildman–Crippen MR) is 135 cm³/mol. The maximum atomic E-state index is 13.2. The van der Waals surface area contributed by atoms with Crippen LogP contribution in [0.3, 0.4) is 0 Å². The summed E-state index contributed by atoms with van der Waals surface area (Å²) < 4.78 is 2.54. The average Bonchev–Trinajstić information content (AvgIpc) is 3.32. The summed E-state index contributed by atoms with van der Waals surface area (Å²) in [7, 11) is 3.93. The number of aliphatic hydroxyl groups excluding tert-OH is 1. The Balaban J connectivity index is 1.81. The molecule has 1 amide bonds. The zero-order chi connectivity index (χ0) is 24.4. The standard InChI is InChI=1S/C26H27BrN4O3/c1-17-21(16-28-31(17)20-11-5-4-6-12-20)24(32)22-23(18-9-7-10-19(27)15-18)30(26(34)25(22)33)14-8-13-29(2)3/h4-7,9-12,15-16,23,32H,8,13-14H2,1-3H3. The van der Waals surface area contributed by atoms with E-state index in [0.29, 0.717) is 24.2 Å². The number of carbonyl (C=O) groups is 2. The molecule has 0 aliphatic carbocycles. The van der Waals surface area contributed by atoms with E-state index < -0.39 is 17.7 Å². The van der Waals surface area contributed by atoms with E-state index in [0.717, 1.165) is 22.3 Å². The van der Waals surface area contributed by atoms with Crippen LogP contribution in [0, 0.1) is 6.92 Å². The quantitative estimate of drug-likeness (QED) is 0.284. The lowest BCUT2D eigenvalue weighted by atomic mass is 9.95. The van der Waals surface area contributed by atoms with Crippen LogP contribution in [0.15, 0.2) is 70.8 Å². The molecule has 0 radical (unpaired) electrons. The second-order valence-electron chi connectivity index (χ2n) is 8.60. The van der Waals surface area contributed by atoms with Crippen molar-refractivity contribution in [1.82, 2.24) is 19.6 Å². The number of halogens is 1. The number of hydrogen-bond donors (Lipinski definition) is 1. The number of Topliss-reactive ketones (excluding diaryl/α,β-unsaturated/α-hetero) is 1. The predicted octanol–water partition coefficient (Wildman–Crippen LogP) is 4.32. The van der Waals surface area contributed by atoms with Crippen molar-refractivity contribution in [3.8, 4) is 5.69 Å². The maximum Gasteiger partial charge on any atom is 0.295 e. The lowest BCUT2D eigenvalue weighted by Gasteiger charge is -2.26. The Hall–Kier alpha value is -3.23. The Morgan fingerprint density at radius 3 is 2.53 bits per heavy atom. The minimum Gasteiger partial charge on any atom is -0.507 e. The summed E-state index contributed by atoms with van der Waals surface area (Å²) in [5, 5.41) is 15.8. The molecule has 2 heterocycles. The van der Waals surface area contributed by atoms with Crippen LogP contribution >= 0.6 is 15.9 Å².